The van der Waals surface area contributed by atoms with Crippen LogP contribution in [0, 0.1) is 0 Å². The molecule has 2 N–H and O–H groups in total. The van der Waals surface area contributed by atoms with E-state index in [-0.39, 0.29) is 36.8 Å². The fourth-order valence-corrected chi connectivity index (χ4v) is 3.03. The van der Waals surface area contributed by atoms with E-state index >= 15 is 0 Å². The lowest BCUT2D eigenvalue weighted by Gasteiger charge is -2.23. The zero-order valence-corrected chi connectivity index (χ0v) is 16.8. The number of aromatic nitrogens is 3. The second-order valence-electron chi connectivity index (χ2n) is 6.33. The molecule has 1 amide bonds. The van der Waals surface area contributed by atoms with Crippen LogP contribution < -0.4 is 10.6 Å². The third kappa shape index (κ3) is 5.20. The summed E-state index contributed by atoms with van der Waals surface area (Å²) in [6.07, 6.45) is 3.36. The van der Waals surface area contributed by atoms with Gasteiger partial charge in [-0.05, 0) is 11.6 Å². The molecule has 0 saturated carbocycles. The van der Waals surface area contributed by atoms with Crippen LogP contribution in [0.4, 0.5) is 0 Å². The highest BCUT2D eigenvalue weighted by atomic mass is 35.5. The van der Waals surface area contributed by atoms with Gasteiger partial charge in [0, 0.05) is 25.8 Å². The van der Waals surface area contributed by atoms with Crippen molar-refractivity contribution >= 4 is 41.9 Å². The number of carbonyl (C=O) groups excluding carboxylic acids is 1. The number of ether oxygens (including phenoxy) is 1. The van der Waals surface area contributed by atoms with E-state index in [2.05, 4.69) is 32.7 Å². The number of pyridine rings is 1. The Morgan fingerprint density at radius 1 is 1.25 bits per heavy atom. The maximum atomic E-state index is 12.4. The van der Waals surface area contributed by atoms with Crippen molar-refractivity contribution < 1.29 is 9.53 Å². The van der Waals surface area contributed by atoms with Crippen molar-refractivity contribution in [2.45, 2.75) is 12.6 Å². The van der Waals surface area contributed by atoms with E-state index in [1.165, 1.54) is 5.56 Å². The normalized spacial score (nSPS) is 16.1. The number of benzene rings is 1. The molecule has 150 valence electrons. The zero-order valence-electron chi connectivity index (χ0n) is 15.2. The van der Waals surface area contributed by atoms with Crippen LogP contribution in [0.5, 0.6) is 0 Å². The Hall–Kier alpha value is -2.19. The minimum atomic E-state index is -0.161. The summed E-state index contributed by atoms with van der Waals surface area (Å²) in [5.41, 5.74) is 3.16. The van der Waals surface area contributed by atoms with Crippen LogP contribution in [0.1, 0.15) is 15.9 Å². The van der Waals surface area contributed by atoms with Gasteiger partial charge < -0.3 is 19.9 Å². The fraction of sp³-hybridized carbons (Fsp3) is 0.316. The summed E-state index contributed by atoms with van der Waals surface area (Å²) in [5, 5.41) is 6.15. The van der Waals surface area contributed by atoms with E-state index in [1.807, 2.05) is 22.8 Å². The summed E-state index contributed by atoms with van der Waals surface area (Å²) in [5.74, 6) is -0.161. The maximum Gasteiger partial charge on any atom is 0.253 e. The second kappa shape index (κ2) is 10.4. The molecular formula is C19H23Cl2N5O2. The number of hydrogen-bond acceptors (Lipinski definition) is 5. The quantitative estimate of drug-likeness (QED) is 0.655. The van der Waals surface area contributed by atoms with Crippen LogP contribution in [0.3, 0.4) is 0 Å². The molecule has 1 unspecified atom stereocenters. The van der Waals surface area contributed by atoms with Crippen molar-refractivity contribution in [2.75, 3.05) is 26.2 Å². The van der Waals surface area contributed by atoms with Crippen molar-refractivity contribution in [3.63, 3.8) is 0 Å². The van der Waals surface area contributed by atoms with Gasteiger partial charge in [0.25, 0.3) is 5.91 Å². The first-order valence-corrected chi connectivity index (χ1v) is 8.75. The third-order valence-corrected chi connectivity index (χ3v) is 4.41. The number of halogens is 2. The van der Waals surface area contributed by atoms with Crippen molar-refractivity contribution in [3.8, 4) is 0 Å². The van der Waals surface area contributed by atoms with Gasteiger partial charge >= 0.3 is 0 Å². The van der Waals surface area contributed by atoms with Crippen LogP contribution in [0.15, 0.2) is 48.9 Å². The van der Waals surface area contributed by atoms with E-state index in [0.29, 0.717) is 30.8 Å². The van der Waals surface area contributed by atoms with E-state index in [9.17, 15) is 4.79 Å². The van der Waals surface area contributed by atoms with Crippen LogP contribution in [0.2, 0.25) is 0 Å². The number of hydrogen-bond donors (Lipinski definition) is 2. The van der Waals surface area contributed by atoms with Crippen LogP contribution in [0.25, 0.3) is 11.2 Å². The Kier molecular flexibility index (Phi) is 8.19. The zero-order chi connectivity index (χ0) is 17.8. The monoisotopic (exact) mass is 423 g/mol. The summed E-state index contributed by atoms with van der Waals surface area (Å²) in [7, 11) is 0. The molecule has 1 atom stereocenters. The van der Waals surface area contributed by atoms with E-state index in [0.717, 1.165) is 18.7 Å². The topological polar surface area (TPSA) is 81.1 Å². The first-order chi connectivity index (χ1) is 12.8. The number of imidazole rings is 1. The Labute approximate surface area is 175 Å². The number of rotatable bonds is 5. The van der Waals surface area contributed by atoms with Crippen LogP contribution >= 0.6 is 24.8 Å². The largest absolute Gasteiger partial charge is 0.374 e. The Morgan fingerprint density at radius 3 is 2.82 bits per heavy atom. The first kappa shape index (κ1) is 22.1. The lowest BCUT2D eigenvalue weighted by Crippen LogP contribution is -2.45. The Bertz CT molecular complexity index is 898. The number of amides is 1. The smallest absolute Gasteiger partial charge is 0.253 e. The van der Waals surface area contributed by atoms with Gasteiger partial charge in [-0.3, -0.25) is 4.79 Å². The molecular weight excluding hydrogens is 401 g/mol. The average molecular weight is 424 g/mol. The molecule has 3 aromatic rings. The predicted octanol–water partition coefficient (Wildman–Crippen LogP) is 2.04. The van der Waals surface area contributed by atoms with Crippen molar-refractivity contribution in [2.24, 2.45) is 0 Å². The Morgan fingerprint density at radius 2 is 2.07 bits per heavy atom. The highest BCUT2D eigenvalue weighted by Crippen LogP contribution is 2.14. The molecule has 1 saturated heterocycles. The lowest BCUT2D eigenvalue weighted by molar-refractivity contribution is 0.0287. The van der Waals surface area contributed by atoms with Gasteiger partial charge in [-0.2, -0.15) is 0 Å². The summed E-state index contributed by atoms with van der Waals surface area (Å²) < 4.78 is 7.57. The highest BCUT2D eigenvalue weighted by molar-refractivity contribution is 5.96. The molecule has 1 aliphatic heterocycles. The second-order valence-corrected chi connectivity index (χ2v) is 6.33. The standard InChI is InChI=1S/C19H21N5O2.2ClH/c25-19(22-11-16-10-20-6-7-26-16)15-8-17-18(21-9-15)24(13-23-17)12-14-4-2-1-3-5-14;;/h1-5,8-9,13,16,20H,6-7,10-12H2,(H,22,25);2*1H. The molecule has 1 aliphatic rings. The molecule has 0 spiro atoms. The van der Waals surface area contributed by atoms with E-state index < -0.39 is 0 Å². The summed E-state index contributed by atoms with van der Waals surface area (Å²) in [6, 6.07) is 11.9. The van der Waals surface area contributed by atoms with E-state index in [1.54, 1.807) is 18.6 Å². The molecule has 4 rings (SSSR count). The number of fused-ring (bicyclic) bond motifs is 1. The molecule has 0 radical (unpaired) electrons. The average Bonchev–Trinajstić information content (AvgIpc) is 3.10. The van der Waals surface area contributed by atoms with Crippen molar-refractivity contribution in [1.29, 1.82) is 0 Å². The maximum absolute atomic E-state index is 12.4. The van der Waals surface area contributed by atoms with Crippen molar-refractivity contribution in [1.82, 2.24) is 25.2 Å². The van der Waals surface area contributed by atoms with Gasteiger partial charge in [0.1, 0.15) is 5.52 Å². The van der Waals surface area contributed by atoms with Crippen LogP contribution in [-0.2, 0) is 11.3 Å². The molecule has 0 aliphatic carbocycles. The molecule has 1 fully saturated rings. The van der Waals surface area contributed by atoms with Gasteiger partial charge in [-0.1, -0.05) is 30.3 Å². The van der Waals surface area contributed by atoms with Gasteiger partial charge in [-0.25, -0.2) is 9.97 Å². The molecule has 28 heavy (non-hydrogen) atoms. The number of nitrogens with zero attached hydrogens (tertiary/aromatic N) is 3. The number of morpholine rings is 1. The predicted molar refractivity (Wildman–Crippen MR) is 113 cm³/mol. The minimum Gasteiger partial charge on any atom is -0.374 e. The SMILES string of the molecule is Cl.Cl.O=C(NCC1CNCCO1)c1cnc2c(c1)ncn2Cc1ccccc1. The number of nitrogens with one attached hydrogen (secondary N) is 2. The summed E-state index contributed by atoms with van der Waals surface area (Å²) in [6.45, 7) is 3.46. The fourth-order valence-electron chi connectivity index (χ4n) is 3.03. The molecule has 3 heterocycles. The molecule has 7 nitrogen and oxygen atoms in total. The van der Waals surface area contributed by atoms with E-state index in [4.69, 9.17) is 4.74 Å². The number of carbonyl (C=O) groups is 1. The van der Waals surface area contributed by atoms with Gasteiger partial charge in [0.2, 0.25) is 0 Å². The Balaban J connectivity index is 0.00000140. The molecule has 2 aromatic heterocycles. The lowest BCUT2D eigenvalue weighted by atomic mass is 10.2. The van der Waals surface area contributed by atoms with Crippen molar-refractivity contribution in [3.05, 3.63) is 60.0 Å². The minimum absolute atomic E-state index is 0. The molecule has 1 aromatic carbocycles. The van der Waals surface area contributed by atoms with Gasteiger partial charge in [-0.15, -0.1) is 24.8 Å². The molecule has 9 heteroatoms. The molecule has 0 bridgehead atoms. The first-order valence-electron chi connectivity index (χ1n) is 8.75. The van der Waals surface area contributed by atoms with Gasteiger partial charge in [0.05, 0.1) is 31.1 Å². The summed E-state index contributed by atoms with van der Waals surface area (Å²) >= 11 is 0. The third-order valence-electron chi connectivity index (χ3n) is 4.41. The van der Waals surface area contributed by atoms with Gasteiger partial charge in [0.15, 0.2) is 5.65 Å². The highest BCUT2D eigenvalue weighted by Gasteiger charge is 2.16. The van der Waals surface area contributed by atoms with Crippen LogP contribution in [-0.4, -0.2) is 52.8 Å². The summed E-state index contributed by atoms with van der Waals surface area (Å²) in [4.78, 5) is 21.2.